The molecule has 0 radical (unpaired) electrons. The number of aliphatic hydroxyl groups excluding tert-OH is 1. The summed E-state index contributed by atoms with van der Waals surface area (Å²) in [5, 5.41) is 12.8. The Balaban J connectivity index is 2.14. The van der Waals surface area contributed by atoms with Crippen molar-refractivity contribution in [2.45, 2.75) is 39.2 Å². The van der Waals surface area contributed by atoms with Gasteiger partial charge >= 0.3 is 0 Å². The second-order valence-electron chi connectivity index (χ2n) is 3.57. The number of ether oxygens (including phenoxy) is 1. The molecule has 86 valence electrons. The van der Waals surface area contributed by atoms with Gasteiger partial charge in [0, 0.05) is 13.2 Å². The van der Waals surface area contributed by atoms with Gasteiger partial charge in [0.05, 0.1) is 19.0 Å². The van der Waals surface area contributed by atoms with Gasteiger partial charge in [-0.25, -0.2) is 0 Å². The smallest absolute Gasteiger partial charge is 0.157 e. The molecule has 0 amide bonds. The number of hydrogen-bond donors (Lipinski definition) is 1. The lowest BCUT2D eigenvalue weighted by Crippen LogP contribution is -1.98. The number of aliphatic hydroxyl groups is 1. The van der Waals surface area contributed by atoms with Crippen molar-refractivity contribution in [1.82, 2.24) is 9.78 Å². The number of hydrogen-bond acceptors (Lipinski definition) is 3. The minimum absolute atomic E-state index is 0.272. The van der Waals surface area contributed by atoms with Crippen LogP contribution in [0.4, 0.5) is 0 Å². The molecule has 15 heavy (non-hydrogen) atoms. The van der Waals surface area contributed by atoms with E-state index in [0.717, 1.165) is 38.0 Å². The normalized spacial score (nSPS) is 10.5. The van der Waals surface area contributed by atoms with E-state index in [1.807, 2.05) is 10.9 Å². The Bertz CT molecular complexity index is 261. The lowest BCUT2D eigenvalue weighted by molar-refractivity contribution is 0.266. The number of rotatable bonds is 8. The Morgan fingerprint density at radius 3 is 3.00 bits per heavy atom. The average molecular weight is 212 g/mol. The van der Waals surface area contributed by atoms with Crippen molar-refractivity contribution < 1.29 is 9.84 Å². The zero-order valence-electron chi connectivity index (χ0n) is 9.35. The second-order valence-corrected chi connectivity index (χ2v) is 3.57. The largest absolute Gasteiger partial charge is 0.490 e. The first-order valence-electron chi connectivity index (χ1n) is 5.63. The molecule has 0 spiro atoms. The molecule has 0 fully saturated rings. The van der Waals surface area contributed by atoms with Crippen molar-refractivity contribution in [2.75, 3.05) is 13.2 Å². The lowest BCUT2D eigenvalue weighted by atomic mass is 10.2. The number of aromatic nitrogens is 2. The molecular formula is C11H20N2O2. The zero-order chi connectivity index (χ0) is 10.9. The van der Waals surface area contributed by atoms with Gasteiger partial charge < -0.3 is 9.84 Å². The Kier molecular flexibility index (Phi) is 5.85. The molecule has 4 heteroatoms. The second kappa shape index (κ2) is 7.29. The van der Waals surface area contributed by atoms with Crippen LogP contribution in [0.25, 0.3) is 0 Å². The number of nitrogens with zero attached hydrogens (tertiary/aromatic N) is 2. The summed E-state index contributed by atoms with van der Waals surface area (Å²) in [5.74, 6) is 0.840. The third kappa shape index (κ3) is 4.83. The minimum atomic E-state index is 0.272. The highest BCUT2D eigenvalue weighted by Crippen LogP contribution is 2.09. The topological polar surface area (TPSA) is 47.3 Å². The summed E-state index contributed by atoms with van der Waals surface area (Å²) in [6, 6.07) is 0. The summed E-state index contributed by atoms with van der Waals surface area (Å²) in [4.78, 5) is 0. The van der Waals surface area contributed by atoms with Gasteiger partial charge in [0.15, 0.2) is 5.75 Å². The maximum atomic E-state index is 8.59. The monoisotopic (exact) mass is 212 g/mol. The quantitative estimate of drug-likeness (QED) is 0.669. The van der Waals surface area contributed by atoms with Crippen LogP contribution in [0, 0.1) is 0 Å². The van der Waals surface area contributed by atoms with E-state index in [-0.39, 0.29) is 6.61 Å². The minimum Gasteiger partial charge on any atom is -0.490 e. The Morgan fingerprint density at radius 1 is 1.40 bits per heavy atom. The van der Waals surface area contributed by atoms with Gasteiger partial charge in [-0.2, -0.15) is 5.10 Å². The molecular weight excluding hydrogens is 192 g/mol. The SMILES string of the molecule is CCCn1cc(OCCCCCO)cn1. The van der Waals surface area contributed by atoms with Crippen LogP contribution in [0.1, 0.15) is 32.6 Å². The van der Waals surface area contributed by atoms with Crippen LogP contribution < -0.4 is 4.74 Å². The van der Waals surface area contributed by atoms with E-state index in [0.29, 0.717) is 6.61 Å². The lowest BCUT2D eigenvalue weighted by Gasteiger charge is -2.02. The highest BCUT2D eigenvalue weighted by Gasteiger charge is 1.98. The highest BCUT2D eigenvalue weighted by molar-refractivity contribution is 5.11. The van der Waals surface area contributed by atoms with Crippen molar-refractivity contribution in [1.29, 1.82) is 0 Å². The molecule has 4 nitrogen and oxygen atoms in total. The average Bonchev–Trinajstić information content (AvgIpc) is 2.66. The third-order valence-corrected chi connectivity index (χ3v) is 2.13. The molecule has 0 unspecified atom stereocenters. The van der Waals surface area contributed by atoms with E-state index in [1.165, 1.54) is 0 Å². The predicted molar refractivity (Wildman–Crippen MR) is 58.9 cm³/mol. The highest BCUT2D eigenvalue weighted by atomic mass is 16.5. The molecule has 0 saturated carbocycles. The summed E-state index contributed by atoms with van der Waals surface area (Å²) in [6.45, 7) is 4.04. The standard InChI is InChI=1S/C11H20N2O2/c1-2-6-13-10-11(9-12-13)15-8-5-3-4-7-14/h9-10,14H,2-8H2,1H3. The van der Waals surface area contributed by atoms with Crippen molar-refractivity contribution in [3.05, 3.63) is 12.4 Å². The fourth-order valence-electron chi connectivity index (χ4n) is 1.35. The molecule has 0 saturated heterocycles. The van der Waals surface area contributed by atoms with Crippen molar-refractivity contribution >= 4 is 0 Å². The van der Waals surface area contributed by atoms with Gasteiger partial charge in [0.1, 0.15) is 0 Å². The van der Waals surface area contributed by atoms with E-state index in [1.54, 1.807) is 6.20 Å². The van der Waals surface area contributed by atoms with Crippen LogP contribution in [-0.4, -0.2) is 28.1 Å². The summed E-state index contributed by atoms with van der Waals surface area (Å²) in [7, 11) is 0. The summed E-state index contributed by atoms with van der Waals surface area (Å²) < 4.78 is 7.41. The van der Waals surface area contributed by atoms with Crippen LogP contribution >= 0.6 is 0 Å². The van der Waals surface area contributed by atoms with Gasteiger partial charge in [0.25, 0.3) is 0 Å². The fraction of sp³-hybridized carbons (Fsp3) is 0.727. The molecule has 1 aromatic heterocycles. The van der Waals surface area contributed by atoms with E-state index in [4.69, 9.17) is 9.84 Å². The number of unbranched alkanes of at least 4 members (excludes halogenated alkanes) is 2. The van der Waals surface area contributed by atoms with Crippen LogP contribution in [0.2, 0.25) is 0 Å². The molecule has 0 aliphatic heterocycles. The van der Waals surface area contributed by atoms with Gasteiger partial charge in [-0.15, -0.1) is 0 Å². The Labute approximate surface area is 90.9 Å². The van der Waals surface area contributed by atoms with E-state index >= 15 is 0 Å². The Morgan fingerprint density at radius 2 is 2.27 bits per heavy atom. The zero-order valence-corrected chi connectivity index (χ0v) is 9.35. The third-order valence-electron chi connectivity index (χ3n) is 2.13. The molecule has 1 rings (SSSR count). The van der Waals surface area contributed by atoms with Crippen molar-refractivity contribution in [3.63, 3.8) is 0 Å². The van der Waals surface area contributed by atoms with Crippen LogP contribution in [-0.2, 0) is 6.54 Å². The Hall–Kier alpha value is -1.03. The molecule has 0 atom stereocenters. The molecule has 1 heterocycles. The van der Waals surface area contributed by atoms with Crippen LogP contribution in [0.5, 0.6) is 5.75 Å². The van der Waals surface area contributed by atoms with E-state index < -0.39 is 0 Å². The molecule has 1 N–H and O–H groups in total. The first-order chi connectivity index (χ1) is 7.36. The number of aryl methyl sites for hydroxylation is 1. The molecule has 0 aliphatic carbocycles. The van der Waals surface area contributed by atoms with E-state index in [2.05, 4.69) is 12.0 Å². The summed E-state index contributed by atoms with van der Waals surface area (Å²) >= 11 is 0. The molecule has 1 aromatic rings. The van der Waals surface area contributed by atoms with Gasteiger partial charge in [-0.05, 0) is 25.7 Å². The van der Waals surface area contributed by atoms with Crippen molar-refractivity contribution in [2.24, 2.45) is 0 Å². The first-order valence-corrected chi connectivity index (χ1v) is 5.63. The summed E-state index contributed by atoms with van der Waals surface area (Å²) in [5.41, 5.74) is 0. The summed E-state index contributed by atoms with van der Waals surface area (Å²) in [6.07, 6.45) is 7.62. The van der Waals surface area contributed by atoms with Gasteiger partial charge in [-0.3, -0.25) is 4.68 Å². The fourth-order valence-corrected chi connectivity index (χ4v) is 1.35. The maximum Gasteiger partial charge on any atom is 0.157 e. The van der Waals surface area contributed by atoms with E-state index in [9.17, 15) is 0 Å². The molecule has 0 aromatic carbocycles. The van der Waals surface area contributed by atoms with Crippen LogP contribution in [0.15, 0.2) is 12.4 Å². The van der Waals surface area contributed by atoms with Gasteiger partial charge in [-0.1, -0.05) is 6.92 Å². The molecule has 0 bridgehead atoms. The maximum absolute atomic E-state index is 8.59. The van der Waals surface area contributed by atoms with Crippen LogP contribution in [0.3, 0.4) is 0 Å². The first kappa shape index (κ1) is 12.0. The van der Waals surface area contributed by atoms with Crippen molar-refractivity contribution in [3.8, 4) is 5.75 Å². The molecule has 0 aliphatic rings. The van der Waals surface area contributed by atoms with Gasteiger partial charge in [0.2, 0.25) is 0 Å². The predicted octanol–water partition coefficient (Wildman–Crippen LogP) is 1.83.